The van der Waals surface area contributed by atoms with E-state index in [0.29, 0.717) is 0 Å². The SMILES string of the molecule is O=S(=O)(O)O.OO.[Fe].[NaH]. The second kappa shape index (κ2) is 12.0. The van der Waals surface area contributed by atoms with E-state index in [9.17, 15) is 0 Å². The summed E-state index contributed by atoms with van der Waals surface area (Å²) in [6.07, 6.45) is 0. The summed E-state index contributed by atoms with van der Waals surface area (Å²) in [6, 6.07) is 0. The van der Waals surface area contributed by atoms with Crippen molar-refractivity contribution in [3.8, 4) is 0 Å². The number of rotatable bonds is 0. The molecule has 9 heteroatoms. The van der Waals surface area contributed by atoms with Crippen LogP contribution in [0.15, 0.2) is 0 Å². The minimum absolute atomic E-state index is 0. The summed E-state index contributed by atoms with van der Waals surface area (Å²) in [7, 11) is -4.67. The molecule has 0 rings (SSSR count). The predicted octanol–water partition coefficient (Wildman–Crippen LogP) is -1.29. The zero-order chi connectivity index (χ0) is 6.50. The van der Waals surface area contributed by atoms with E-state index in [1.807, 2.05) is 0 Å². The minimum atomic E-state index is -4.67. The number of hydrogen-bond acceptors (Lipinski definition) is 4. The van der Waals surface area contributed by atoms with Gasteiger partial charge in [-0.25, -0.2) is 0 Å². The van der Waals surface area contributed by atoms with Gasteiger partial charge in [0, 0.05) is 17.1 Å². The van der Waals surface area contributed by atoms with Crippen molar-refractivity contribution in [2.75, 3.05) is 0 Å². The Balaban J connectivity index is -0.0000000286. The molecule has 0 radical (unpaired) electrons. The molecule has 0 saturated heterocycles. The van der Waals surface area contributed by atoms with Gasteiger partial charge in [-0.15, -0.1) is 0 Å². The Morgan fingerprint density at radius 2 is 1.00 bits per heavy atom. The first-order chi connectivity index (χ1) is 3.00. The van der Waals surface area contributed by atoms with Crippen LogP contribution in [0.25, 0.3) is 0 Å². The molecule has 0 atom stereocenters. The van der Waals surface area contributed by atoms with Crippen molar-refractivity contribution in [1.29, 1.82) is 0 Å². The van der Waals surface area contributed by atoms with Crippen LogP contribution in [0.4, 0.5) is 0 Å². The van der Waals surface area contributed by atoms with E-state index >= 15 is 0 Å². The van der Waals surface area contributed by atoms with Gasteiger partial charge < -0.3 is 0 Å². The summed E-state index contributed by atoms with van der Waals surface area (Å²) in [5.41, 5.74) is 0. The van der Waals surface area contributed by atoms with Gasteiger partial charge >= 0.3 is 40.0 Å². The molecule has 9 heavy (non-hydrogen) atoms. The first kappa shape index (κ1) is 22.4. The molecule has 0 unspecified atom stereocenters. The molecule has 0 aliphatic carbocycles. The Morgan fingerprint density at radius 1 is 1.00 bits per heavy atom. The van der Waals surface area contributed by atoms with Gasteiger partial charge in [0.2, 0.25) is 0 Å². The molecule has 0 aromatic carbocycles. The standard InChI is InChI=1S/Fe.Na.H2O4S.H2O2.H/c;;1-5(2,3)4;1-2;/h;;(H2,1,2,3,4);1-2H;. The van der Waals surface area contributed by atoms with Crippen molar-refractivity contribution in [3.05, 3.63) is 0 Å². The van der Waals surface area contributed by atoms with E-state index in [-0.39, 0.29) is 46.6 Å². The average Bonchev–Trinajstić information content (AvgIpc) is 1.36. The van der Waals surface area contributed by atoms with E-state index in [0.717, 1.165) is 0 Å². The maximum atomic E-state index is 8.74. The molecule has 0 amide bonds. The van der Waals surface area contributed by atoms with Crippen molar-refractivity contribution in [1.82, 2.24) is 0 Å². The zero-order valence-corrected chi connectivity index (χ0v) is 5.29. The Kier molecular flexibility index (Phi) is 30.0. The third kappa shape index (κ3) is 290. The van der Waals surface area contributed by atoms with Crippen LogP contribution in [-0.4, -0.2) is 57.6 Å². The molecule has 0 spiro atoms. The van der Waals surface area contributed by atoms with Gasteiger partial charge in [0.15, 0.2) is 0 Å². The summed E-state index contributed by atoms with van der Waals surface area (Å²) in [5, 5.41) is 12.0. The van der Waals surface area contributed by atoms with Gasteiger partial charge in [-0.3, -0.25) is 19.6 Å². The van der Waals surface area contributed by atoms with E-state index in [1.165, 1.54) is 0 Å². The molecule has 0 aromatic heterocycles. The molecule has 56 valence electrons. The molecule has 0 saturated carbocycles. The fourth-order valence-electron chi connectivity index (χ4n) is 0. The van der Waals surface area contributed by atoms with Gasteiger partial charge in [-0.05, 0) is 0 Å². The average molecular weight is 212 g/mol. The quantitative estimate of drug-likeness (QED) is 0.172. The van der Waals surface area contributed by atoms with Crippen molar-refractivity contribution < 1.29 is 45.1 Å². The van der Waals surface area contributed by atoms with Crippen molar-refractivity contribution in [2.24, 2.45) is 0 Å². The zero-order valence-electron chi connectivity index (χ0n) is 3.37. The maximum absolute atomic E-state index is 8.74. The Hall–Kier alpha value is 1.31. The van der Waals surface area contributed by atoms with E-state index < -0.39 is 10.4 Å². The Morgan fingerprint density at radius 3 is 1.00 bits per heavy atom. The van der Waals surface area contributed by atoms with Crippen molar-refractivity contribution in [2.45, 2.75) is 0 Å². The van der Waals surface area contributed by atoms with Gasteiger partial charge in [-0.2, -0.15) is 8.42 Å². The van der Waals surface area contributed by atoms with Gasteiger partial charge in [-0.1, -0.05) is 0 Å². The first-order valence-corrected chi connectivity index (χ1v) is 2.30. The molecule has 0 heterocycles. The topological polar surface area (TPSA) is 115 Å². The van der Waals surface area contributed by atoms with Crippen LogP contribution in [-0.2, 0) is 27.5 Å². The van der Waals surface area contributed by atoms with Crippen LogP contribution >= 0.6 is 0 Å². The third-order valence-electron chi connectivity index (χ3n) is 0. The summed E-state index contributed by atoms with van der Waals surface area (Å²) in [4.78, 5) is 0. The molecule has 0 aromatic rings. The molecule has 0 aliphatic rings. The van der Waals surface area contributed by atoms with Gasteiger partial charge in [0.05, 0.1) is 0 Å². The normalized spacial score (nSPS) is 7.11. The third-order valence-corrected chi connectivity index (χ3v) is 0. The molecule has 6 nitrogen and oxygen atoms in total. The van der Waals surface area contributed by atoms with Crippen LogP contribution < -0.4 is 0 Å². The fourth-order valence-corrected chi connectivity index (χ4v) is 0. The van der Waals surface area contributed by atoms with Crippen LogP contribution in [0.5, 0.6) is 0 Å². The Labute approximate surface area is 84.5 Å². The summed E-state index contributed by atoms with van der Waals surface area (Å²) in [6.45, 7) is 0. The Bertz CT molecular complexity index is 96.2. The molecular formula is H5FeNaO6S. The molecule has 4 N–H and O–H groups in total. The van der Waals surface area contributed by atoms with Crippen LogP contribution in [0, 0.1) is 0 Å². The molecule has 0 aliphatic heterocycles. The van der Waals surface area contributed by atoms with Crippen LogP contribution in [0.2, 0.25) is 0 Å². The molecule has 0 fully saturated rings. The van der Waals surface area contributed by atoms with Gasteiger partial charge in [0.1, 0.15) is 0 Å². The summed E-state index contributed by atoms with van der Waals surface area (Å²) in [5.74, 6) is 0. The summed E-state index contributed by atoms with van der Waals surface area (Å²) >= 11 is 0. The van der Waals surface area contributed by atoms with E-state index in [1.54, 1.807) is 0 Å². The van der Waals surface area contributed by atoms with Crippen molar-refractivity contribution in [3.63, 3.8) is 0 Å². The molecular weight excluding hydrogens is 207 g/mol. The van der Waals surface area contributed by atoms with E-state index in [4.69, 9.17) is 28.0 Å². The monoisotopic (exact) mass is 212 g/mol. The van der Waals surface area contributed by atoms with E-state index in [2.05, 4.69) is 0 Å². The predicted molar refractivity (Wildman–Crippen MR) is 26.6 cm³/mol. The fraction of sp³-hybridized carbons (Fsp3) is 0. The second-order valence-electron chi connectivity index (χ2n) is 0.448. The van der Waals surface area contributed by atoms with Crippen LogP contribution in [0.1, 0.15) is 0 Å². The second-order valence-corrected chi connectivity index (χ2v) is 1.34. The van der Waals surface area contributed by atoms with Crippen molar-refractivity contribution >= 4 is 40.0 Å². The molecule has 0 bridgehead atoms. The van der Waals surface area contributed by atoms with Gasteiger partial charge in [0.25, 0.3) is 0 Å². The van der Waals surface area contributed by atoms with Crippen LogP contribution in [0.3, 0.4) is 0 Å². The number of hydrogen-bond donors (Lipinski definition) is 4. The summed E-state index contributed by atoms with van der Waals surface area (Å²) < 4.78 is 31.6. The first-order valence-electron chi connectivity index (χ1n) is 0.898.